The Morgan fingerprint density at radius 2 is 1.84 bits per heavy atom. The topological polar surface area (TPSA) is 132 Å². The van der Waals surface area contributed by atoms with Crippen molar-refractivity contribution >= 4 is 45.0 Å². The summed E-state index contributed by atoms with van der Waals surface area (Å²) in [4.78, 5) is 28.7. The number of amidine groups is 1. The molecular weight excluding hydrogens is 462 g/mol. The van der Waals surface area contributed by atoms with E-state index in [2.05, 4.69) is 15.0 Å². The number of nitrogens with zero attached hydrogens (tertiary/aromatic N) is 1. The summed E-state index contributed by atoms with van der Waals surface area (Å²) in [5, 5.41) is 2.84. The summed E-state index contributed by atoms with van der Waals surface area (Å²) in [6.45, 7) is 0.833. The molecule has 1 atom stereocenters. The number of sulfonamides is 1. The highest BCUT2D eigenvalue weighted by molar-refractivity contribution is 7.90. The molecule has 0 aromatic heterocycles. The highest BCUT2D eigenvalue weighted by Crippen LogP contribution is 2.35. The van der Waals surface area contributed by atoms with E-state index in [1.807, 2.05) is 0 Å². The van der Waals surface area contributed by atoms with E-state index in [9.17, 15) is 18.0 Å². The van der Waals surface area contributed by atoms with Crippen molar-refractivity contribution in [3.05, 3.63) is 47.0 Å². The number of carbonyl (C=O) groups is 2. The highest BCUT2D eigenvalue weighted by Gasteiger charge is 2.31. The van der Waals surface area contributed by atoms with Crippen molar-refractivity contribution in [1.82, 2.24) is 4.72 Å². The standard InChI is InChI=1S/C20H20ClN3O7S/c1-11(22-19-12-6-4-5-7-17(12)32(27,28)24-19)20(26)31-10-18(25)23-14-9-15(29-2)13(21)8-16(14)30-3/h4-9,11H,10H2,1-3H3,(H,22,24)(H,23,25)/t11-/m0/s1. The highest BCUT2D eigenvalue weighted by atomic mass is 35.5. The molecule has 0 bridgehead atoms. The van der Waals surface area contributed by atoms with Gasteiger partial charge in [0.05, 0.1) is 29.8 Å². The van der Waals surface area contributed by atoms with Crippen LogP contribution in [0.1, 0.15) is 12.5 Å². The van der Waals surface area contributed by atoms with Crippen LogP contribution in [0, 0.1) is 0 Å². The van der Waals surface area contributed by atoms with Gasteiger partial charge in [-0.05, 0) is 19.1 Å². The molecule has 2 aromatic carbocycles. The number of rotatable bonds is 7. The summed E-state index contributed by atoms with van der Waals surface area (Å²) < 4.78 is 41.9. The molecule has 0 saturated carbocycles. The summed E-state index contributed by atoms with van der Waals surface area (Å²) in [6.07, 6.45) is 0. The molecule has 0 aliphatic carbocycles. The van der Waals surface area contributed by atoms with Gasteiger partial charge in [0.2, 0.25) is 0 Å². The van der Waals surface area contributed by atoms with Crippen molar-refractivity contribution in [3.63, 3.8) is 0 Å². The molecule has 10 nitrogen and oxygen atoms in total. The van der Waals surface area contributed by atoms with E-state index in [1.54, 1.807) is 18.2 Å². The van der Waals surface area contributed by atoms with Crippen LogP contribution in [0.25, 0.3) is 0 Å². The molecule has 2 aromatic rings. The third-order valence-electron chi connectivity index (χ3n) is 4.42. The second kappa shape index (κ2) is 9.45. The quantitative estimate of drug-likeness (QED) is 0.577. The molecule has 0 saturated heterocycles. The monoisotopic (exact) mass is 481 g/mol. The maximum atomic E-state index is 12.3. The lowest BCUT2D eigenvalue weighted by atomic mass is 10.2. The van der Waals surface area contributed by atoms with Gasteiger partial charge in [0.1, 0.15) is 23.4 Å². The number of hydrogen-bond donors (Lipinski definition) is 2. The number of benzene rings is 2. The van der Waals surface area contributed by atoms with Crippen LogP contribution in [0.4, 0.5) is 5.69 Å². The second-order valence-corrected chi connectivity index (χ2v) is 8.66. The van der Waals surface area contributed by atoms with Crippen molar-refractivity contribution in [2.75, 3.05) is 26.1 Å². The molecule has 32 heavy (non-hydrogen) atoms. The Morgan fingerprint density at radius 1 is 1.16 bits per heavy atom. The zero-order chi connectivity index (χ0) is 23.5. The van der Waals surface area contributed by atoms with E-state index in [4.69, 9.17) is 25.8 Å². The third-order valence-corrected chi connectivity index (χ3v) is 6.11. The summed E-state index contributed by atoms with van der Waals surface area (Å²) in [5.41, 5.74) is 0.633. The van der Waals surface area contributed by atoms with Crippen LogP contribution in [0.15, 0.2) is 46.3 Å². The SMILES string of the molecule is COc1cc(NC(=O)COC(=O)[C@H](C)N=C2NS(=O)(=O)c3ccccc32)c(OC)cc1Cl. The molecule has 170 valence electrons. The Morgan fingerprint density at radius 3 is 2.53 bits per heavy atom. The number of carbonyl (C=O) groups excluding carboxylic acids is 2. The molecular formula is C20H20ClN3O7S. The van der Waals surface area contributed by atoms with Crippen molar-refractivity contribution in [2.24, 2.45) is 4.99 Å². The molecule has 0 radical (unpaired) electrons. The lowest BCUT2D eigenvalue weighted by Gasteiger charge is -2.13. The van der Waals surface area contributed by atoms with E-state index in [0.717, 1.165) is 0 Å². The Bertz CT molecular complexity index is 1200. The van der Waals surface area contributed by atoms with Gasteiger partial charge in [0, 0.05) is 17.7 Å². The fourth-order valence-corrected chi connectivity index (χ4v) is 4.35. The van der Waals surface area contributed by atoms with Crippen molar-refractivity contribution in [3.8, 4) is 11.5 Å². The lowest BCUT2D eigenvalue weighted by molar-refractivity contribution is -0.148. The molecule has 0 spiro atoms. The van der Waals surface area contributed by atoms with E-state index >= 15 is 0 Å². The largest absolute Gasteiger partial charge is 0.495 e. The predicted molar refractivity (Wildman–Crippen MR) is 117 cm³/mol. The summed E-state index contributed by atoms with van der Waals surface area (Å²) in [5.74, 6) is -0.789. The molecule has 2 N–H and O–H groups in total. The number of nitrogens with one attached hydrogen (secondary N) is 2. The fourth-order valence-electron chi connectivity index (χ4n) is 2.88. The average Bonchev–Trinajstić information content (AvgIpc) is 3.02. The van der Waals surface area contributed by atoms with Gasteiger partial charge < -0.3 is 19.5 Å². The zero-order valence-corrected chi connectivity index (χ0v) is 18.9. The third kappa shape index (κ3) is 4.94. The number of amides is 1. The molecule has 0 fully saturated rings. The zero-order valence-electron chi connectivity index (χ0n) is 17.3. The molecule has 12 heteroatoms. The Hall–Kier alpha value is -3.31. The first-order valence-electron chi connectivity index (χ1n) is 9.24. The van der Waals surface area contributed by atoms with Crippen molar-refractivity contribution in [2.45, 2.75) is 17.9 Å². The number of esters is 1. The van der Waals surface area contributed by atoms with Crippen LogP contribution < -0.4 is 19.5 Å². The summed E-state index contributed by atoms with van der Waals surface area (Å²) >= 11 is 6.03. The maximum Gasteiger partial charge on any atom is 0.331 e. The Kier molecular flexibility index (Phi) is 6.90. The molecule has 1 amide bonds. The van der Waals surface area contributed by atoms with E-state index in [1.165, 1.54) is 39.3 Å². The first kappa shape index (κ1) is 23.4. The van der Waals surface area contributed by atoms with Gasteiger partial charge in [-0.15, -0.1) is 0 Å². The number of hydrogen-bond acceptors (Lipinski definition) is 8. The van der Waals surface area contributed by atoms with Gasteiger partial charge in [-0.3, -0.25) is 14.5 Å². The average molecular weight is 482 g/mol. The molecule has 1 heterocycles. The minimum absolute atomic E-state index is 0.0347. The number of aliphatic imine (C=N–C) groups is 1. The van der Waals surface area contributed by atoms with Crippen LogP contribution >= 0.6 is 11.6 Å². The van der Waals surface area contributed by atoms with E-state index in [-0.39, 0.29) is 16.4 Å². The summed E-state index contributed by atoms with van der Waals surface area (Å²) in [7, 11) is -0.900. The molecule has 3 rings (SSSR count). The maximum absolute atomic E-state index is 12.3. The van der Waals surface area contributed by atoms with Crippen molar-refractivity contribution in [1.29, 1.82) is 0 Å². The van der Waals surface area contributed by atoms with Crippen LogP contribution in [-0.4, -0.2) is 53.0 Å². The Balaban J connectivity index is 1.64. The van der Waals surface area contributed by atoms with Gasteiger partial charge in [0.15, 0.2) is 6.61 Å². The molecule has 1 aliphatic rings. The molecule has 1 aliphatic heterocycles. The second-order valence-electron chi connectivity index (χ2n) is 6.60. The summed E-state index contributed by atoms with van der Waals surface area (Å²) in [6, 6.07) is 8.14. The van der Waals surface area contributed by atoms with Gasteiger partial charge in [-0.2, -0.15) is 0 Å². The van der Waals surface area contributed by atoms with Gasteiger partial charge in [0.25, 0.3) is 15.9 Å². The fraction of sp³-hybridized carbons (Fsp3) is 0.250. The number of methoxy groups -OCH3 is 2. The number of anilines is 1. The first-order chi connectivity index (χ1) is 15.2. The van der Waals surface area contributed by atoms with E-state index < -0.39 is 34.5 Å². The smallest absolute Gasteiger partial charge is 0.331 e. The van der Waals surface area contributed by atoms with Crippen LogP contribution in [0.3, 0.4) is 0 Å². The van der Waals surface area contributed by atoms with Crippen molar-refractivity contribution < 1.29 is 32.2 Å². The van der Waals surface area contributed by atoms with E-state index in [0.29, 0.717) is 22.1 Å². The lowest BCUT2D eigenvalue weighted by Crippen LogP contribution is -2.28. The van der Waals surface area contributed by atoms with Crippen LogP contribution in [0.2, 0.25) is 5.02 Å². The predicted octanol–water partition coefficient (Wildman–Crippen LogP) is 1.97. The van der Waals surface area contributed by atoms with Gasteiger partial charge in [-0.25, -0.2) is 13.2 Å². The number of halogens is 1. The molecule has 0 unspecified atom stereocenters. The first-order valence-corrected chi connectivity index (χ1v) is 11.1. The number of ether oxygens (including phenoxy) is 3. The minimum atomic E-state index is -3.73. The van der Waals surface area contributed by atoms with Gasteiger partial charge in [-0.1, -0.05) is 23.7 Å². The Labute approximate surface area is 189 Å². The van der Waals surface area contributed by atoms with Gasteiger partial charge >= 0.3 is 5.97 Å². The van der Waals surface area contributed by atoms with Crippen LogP contribution in [-0.2, 0) is 24.3 Å². The van der Waals surface area contributed by atoms with Crippen LogP contribution in [0.5, 0.6) is 11.5 Å². The normalized spacial score (nSPS) is 15.9. The number of fused-ring (bicyclic) bond motifs is 1. The minimum Gasteiger partial charge on any atom is -0.495 e.